The van der Waals surface area contributed by atoms with Gasteiger partial charge in [0.2, 0.25) is 0 Å². The second-order valence-electron chi connectivity index (χ2n) is 9.44. The van der Waals surface area contributed by atoms with Gasteiger partial charge < -0.3 is 9.84 Å². The number of hydrogen-bond donors (Lipinski definition) is 1. The molecule has 1 spiro atoms. The zero-order valence-corrected chi connectivity index (χ0v) is 17.2. The highest BCUT2D eigenvalue weighted by Crippen LogP contribution is 2.45. The highest BCUT2D eigenvalue weighted by molar-refractivity contribution is 5.36. The number of ether oxygens (including phenoxy) is 1. The fourth-order valence-electron chi connectivity index (χ4n) is 5.48. The van der Waals surface area contributed by atoms with Crippen molar-refractivity contribution >= 4 is 0 Å². The molecular weight excluding hydrogens is 346 g/mol. The van der Waals surface area contributed by atoms with Crippen LogP contribution < -0.4 is 0 Å². The summed E-state index contributed by atoms with van der Waals surface area (Å²) in [5.74, 6) is 0. The lowest BCUT2D eigenvalue weighted by Crippen LogP contribution is -2.53. The zero-order valence-electron chi connectivity index (χ0n) is 17.2. The van der Waals surface area contributed by atoms with Crippen LogP contribution in [0, 0.1) is 5.41 Å². The van der Waals surface area contributed by atoms with E-state index in [0.29, 0.717) is 12.0 Å². The van der Waals surface area contributed by atoms with E-state index in [9.17, 15) is 5.11 Å². The van der Waals surface area contributed by atoms with Crippen molar-refractivity contribution in [3.05, 3.63) is 71.8 Å². The van der Waals surface area contributed by atoms with Crippen LogP contribution in [-0.2, 0) is 10.3 Å². The molecule has 2 fully saturated rings. The molecule has 4 rings (SSSR count). The molecule has 28 heavy (non-hydrogen) atoms. The summed E-state index contributed by atoms with van der Waals surface area (Å²) in [6.45, 7) is 8.01. The van der Waals surface area contributed by atoms with Crippen molar-refractivity contribution in [2.45, 2.75) is 50.7 Å². The molecule has 0 aliphatic carbocycles. The Kier molecular flexibility index (Phi) is 5.34. The molecule has 0 amide bonds. The first-order valence-electron chi connectivity index (χ1n) is 10.6. The maximum atomic E-state index is 11.9. The maximum absolute atomic E-state index is 11.9. The molecule has 0 aromatic heterocycles. The summed E-state index contributed by atoms with van der Waals surface area (Å²) >= 11 is 0. The van der Waals surface area contributed by atoms with Gasteiger partial charge in [-0.3, -0.25) is 4.90 Å². The van der Waals surface area contributed by atoms with Crippen LogP contribution >= 0.6 is 0 Å². The summed E-state index contributed by atoms with van der Waals surface area (Å²) in [7, 11) is 0. The molecule has 0 saturated carbocycles. The van der Waals surface area contributed by atoms with Gasteiger partial charge in [0.25, 0.3) is 0 Å². The number of benzene rings is 2. The Morgan fingerprint density at radius 2 is 1.57 bits per heavy atom. The average Bonchev–Trinajstić information content (AvgIpc) is 2.68. The summed E-state index contributed by atoms with van der Waals surface area (Å²) in [4.78, 5) is 2.49. The second-order valence-corrected chi connectivity index (χ2v) is 9.44. The van der Waals surface area contributed by atoms with E-state index in [2.05, 4.69) is 18.7 Å². The van der Waals surface area contributed by atoms with Gasteiger partial charge >= 0.3 is 0 Å². The Hall–Kier alpha value is -1.68. The van der Waals surface area contributed by atoms with Gasteiger partial charge in [-0.2, -0.15) is 0 Å². The number of nitrogens with zero attached hydrogens (tertiary/aromatic N) is 1. The molecule has 3 heteroatoms. The van der Waals surface area contributed by atoms with E-state index in [4.69, 9.17) is 4.74 Å². The Labute approximate surface area is 169 Å². The van der Waals surface area contributed by atoms with Gasteiger partial charge in [-0.25, -0.2) is 0 Å². The molecule has 0 unspecified atom stereocenters. The largest absolute Gasteiger partial charge is 0.379 e. The van der Waals surface area contributed by atoms with E-state index in [1.165, 1.54) is 12.8 Å². The van der Waals surface area contributed by atoms with E-state index in [1.807, 2.05) is 60.7 Å². The number of rotatable bonds is 4. The minimum Gasteiger partial charge on any atom is -0.379 e. The predicted octanol–water partition coefficient (Wildman–Crippen LogP) is 4.59. The first kappa shape index (κ1) is 19.6. The maximum Gasteiger partial charge on any atom is 0.127 e. The summed E-state index contributed by atoms with van der Waals surface area (Å²) < 4.78 is 6.00. The Morgan fingerprint density at radius 1 is 0.964 bits per heavy atom. The van der Waals surface area contributed by atoms with Crippen LogP contribution in [0.15, 0.2) is 60.7 Å². The van der Waals surface area contributed by atoms with Gasteiger partial charge in [-0.05, 0) is 62.6 Å². The summed E-state index contributed by atoms with van der Waals surface area (Å²) in [5, 5.41) is 11.9. The van der Waals surface area contributed by atoms with Crippen molar-refractivity contribution in [1.82, 2.24) is 4.90 Å². The van der Waals surface area contributed by atoms with Crippen molar-refractivity contribution in [3.63, 3.8) is 0 Å². The molecular formula is C25H33NO2. The Bertz CT molecular complexity index is 730. The molecule has 1 N–H and O–H groups in total. The van der Waals surface area contributed by atoms with Crippen molar-refractivity contribution in [3.8, 4) is 0 Å². The van der Waals surface area contributed by atoms with Crippen molar-refractivity contribution in [1.29, 1.82) is 0 Å². The standard InChI is InChI=1S/C25H33NO2/c1-23(2)18-24(15-17-28-23)14-9-16-26(19-24)20-25(27,21-10-5-3-6-11-21)22-12-7-4-8-13-22/h3-8,10-13,27H,9,14-20H2,1-2H3/t24-/m0/s1. The normalized spacial score (nSPS) is 25.7. The average molecular weight is 380 g/mol. The molecule has 150 valence electrons. The lowest BCUT2D eigenvalue weighted by Gasteiger charge is -2.51. The molecule has 1 atom stereocenters. The number of aliphatic hydroxyl groups is 1. The molecule has 2 aromatic carbocycles. The summed E-state index contributed by atoms with van der Waals surface area (Å²) in [5.41, 5.74) is 1.20. The van der Waals surface area contributed by atoms with Crippen LogP contribution in [0.5, 0.6) is 0 Å². The Balaban J connectivity index is 1.61. The van der Waals surface area contributed by atoms with Gasteiger partial charge in [-0.15, -0.1) is 0 Å². The van der Waals surface area contributed by atoms with Gasteiger partial charge in [-0.1, -0.05) is 60.7 Å². The Morgan fingerprint density at radius 3 is 2.14 bits per heavy atom. The smallest absolute Gasteiger partial charge is 0.127 e. The lowest BCUT2D eigenvalue weighted by atomic mass is 9.69. The molecule has 2 aliphatic rings. The number of β-amino-alcohol motifs (C(OH)–C–C–N with tert-alkyl or cyclic N) is 1. The summed E-state index contributed by atoms with van der Waals surface area (Å²) in [6, 6.07) is 20.3. The van der Waals surface area contributed by atoms with Crippen LogP contribution in [0.2, 0.25) is 0 Å². The van der Waals surface area contributed by atoms with Gasteiger partial charge in [0.15, 0.2) is 0 Å². The molecule has 2 aliphatic heterocycles. The van der Waals surface area contributed by atoms with Crippen molar-refractivity contribution in [2.24, 2.45) is 5.41 Å². The van der Waals surface area contributed by atoms with E-state index >= 15 is 0 Å². The fourth-order valence-corrected chi connectivity index (χ4v) is 5.48. The van der Waals surface area contributed by atoms with Crippen LogP contribution in [0.1, 0.15) is 50.7 Å². The van der Waals surface area contributed by atoms with Crippen LogP contribution in [0.4, 0.5) is 0 Å². The second kappa shape index (κ2) is 7.62. The zero-order chi connectivity index (χ0) is 19.7. The minimum atomic E-state index is -0.998. The predicted molar refractivity (Wildman–Crippen MR) is 113 cm³/mol. The number of likely N-dealkylation sites (tertiary alicyclic amines) is 1. The van der Waals surface area contributed by atoms with E-state index in [0.717, 1.165) is 43.7 Å². The molecule has 2 heterocycles. The first-order valence-corrected chi connectivity index (χ1v) is 10.6. The van der Waals surface area contributed by atoms with Crippen LogP contribution in [0.3, 0.4) is 0 Å². The molecule has 0 radical (unpaired) electrons. The van der Waals surface area contributed by atoms with E-state index in [-0.39, 0.29) is 5.60 Å². The highest BCUT2D eigenvalue weighted by Gasteiger charge is 2.45. The van der Waals surface area contributed by atoms with Crippen molar-refractivity contribution in [2.75, 3.05) is 26.2 Å². The third kappa shape index (κ3) is 4.03. The molecule has 2 aromatic rings. The minimum absolute atomic E-state index is 0.0452. The van der Waals surface area contributed by atoms with Gasteiger partial charge in [0, 0.05) is 19.7 Å². The van der Waals surface area contributed by atoms with Crippen LogP contribution in [-0.4, -0.2) is 41.8 Å². The molecule has 0 bridgehead atoms. The lowest BCUT2D eigenvalue weighted by molar-refractivity contribution is -0.126. The van der Waals surface area contributed by atoms with Gasteiger partial charge in [0.05, 0.1) is 5.60 Å². The third-order valence-corrected chi connectivity index (χ3v) is 6.62. The van der Waals surface area contributed by atoms with E-state index < -0.39 is 5.60 Å². The third-order valence-electron chi connectivity index (χ3n) is 6.62. The SMILES string of the molecule is CC1(C)C[C@]2(CCCN(CC(O)(c3ccccc3)c3ccccc3)C2)CCO1. The summed E-state index contributed by atoms with van der Waals surface area (Å²) in [6.07, 6.45) is 4.69. The topological polar surface area (TPSA) is 32.7 Å². The number of piperidine rings is 1. The quantitative estimate of drug-likeness (QED) is 0.843. The van der Waals surface area contributed by atoms with Crippen molar-refractivity contribution < 1.29 is 9.84 Å². The fraction of sp³-hybridized carbons (Fsp3) is 0.520. The molecule has 2 saturated heterocycles. The first-order chi connectivity index (χ1) is 13.4. The highest BCUT2D eigenvalue weighted by atomic mass is 16.5. The molecule has 3 nitrogen and oxygen atoms in total. The van der Waals surface area contributed by atoms with Crippen LogP contribution in [0.25, 0.3) is 0 Å². The van der Waals surface area contributed by atoms with Gasteiger partial charge in [0.1, 0.15) is 5.60 Å². The van der Waals surface area contributed by atoms with E-state index in [1.54, 1.807) is 0 Å². The number of hydrogen-bond acceptors (Lipinski definition) is 3. The monoisotopic (exact) mass is 379 g/mol.